The number of rotatable bonds is 6. The molecule has 1 aliphatic heterocycles. The van der Waals surface area contributed by atoms with E-state index in [0.29, 0.717) is 16.9 Å². The van der Waals surface area contributed by atoms with Crippen molar-refractivity contribution in [1.82, 2.24) is 4.90 Å². The highest BCUT2D eigenvalue weighted by Crippen LogP contribution is 2.27. The number of piperidine rings is 1. The van der Waals surface area contributed by atoms with E-state index in [4.69, 9.17) is 10.00 Å². The Balaban J connectivity index is 1.60. The number of likely N-dealkylation sites (tertiary alicyclic amines) is 1. The molecule has 0 aliphatic carbocycles. The molecule has 0 radical (unpaired) electrons. The Morgan fingerprint density at radius 3 is 2.43 bits per heavy atom. The van der Waals surface area contributed by atoms with Crippen LogP contribution in [0.15, 0.2) is 53.4 Å². The molecule has 5 nitrogen and oxygen atoms in total. The largest absolute Gasteiger partial charge is 0.452 e. The summed E-state index contributed by atoms with van der Waals surface area (Å²) in [5.41, 5.74) is 2.14. The van der Waals surface area contributed by atoms with Gasteiger partial charge in [0.1, 0.15) is 0 Å². The van der Waals surface area contributed by atoms with Gasteiger partial charge < -0.3 is 9.64 Å². The molecule has 0 N–H and O–H groups in total. The molecule has 2 aromatic rings. The predicted molar refractivity (Wildman–Crippen MR) is 117 cm³/mol. The second-order valence-electron chi connectivity index (χ2n) is 7.60. The molecule has 30 heavy (non-hydrogen) atoms. The summed E-state index contributed by atoms with van der Waals surface area (Å²) in [6.07, 6.45) is 3.09. The van der Waals surface area contributed by atoms with Gasteiger partial charge in [-0.3, -0.25) is 4.79 Å². The van der Waals surface area contributed by atoms with Crippen LogP contribution < -0.4 is 0 Å². The van der Waals surface area contributed by atoms with Crippen LogP contribution >= 0.6 is 11.8 Å². The summed E-state index contributed by atoms with van der Waals surface area (Å²) in [6.45, 7) is 3.86. The summed E-state index contributed by atoms with van der Waals surface area (Å²) < 4.78 is 5.38. The number of esters is 1. The Kier molecular flexibility index (Phi) is 7.53. The van der Waals surface area contributed by atoms with Crippen molar-refractivity contribution >= 4 is 23.6 Å². The van der Waals surface area contributed by atoms with Gasteiger partial charge in [0.25, 0.3) is 5.91 Å². The molecule has 1 heterocycles. The number of benzene rings is 2. The van der Waals surface area contributed by atoms with E-state index in [1.54, 1.807) is 24.3 Å². The quantitative estimate of drug-likeness (QED) is 0.494. The Bertz CT molecular complexity index is 926. The lowest BCUT2D eigenvalue weighted by Crippen LogP contribution is -2.49. The molecule has 1 saturated heterocycles. The molecule has 0 spiro atoms. The fraction of sp³-hybridized carbons (Fsp3) is 0.375. The molecule has 0 aromatic heterocycles. The third-order valence-electron chi connectivity index (χ3n) is 5.39. The third-order valence-corrected chi connectivity index (χ3v) is 6.54. The van der Waals surface area contributed by atoms with Crippen LogP contribution in [0.1, 0.15) is 54.6 Å². The zero-order chi connectivity index (χ0) is 21.5. The van der Waals surface area contributed by atoms with Gasteiger partial charge in [-0.05, 0) is 62.9 Å². The topological polar surface area (TPSA) is 70.4 Å². The number of amides is 1. The Labute approximate surface area is 182 Å². The van der Waals surface area contributed by atoms with Crippen molar-refractivity contribution in [1.29, 1.82) is 5.26 Å². The standard InChI is InChI=1S/C24H26N2O3S/c1-17-6-5-7-18(2)26(17)23(27)15-29-24(28)21-8-3-4-9-22(21)30-16-20-12-10-19(14-25)11-13-20/h3-4,8-13,17-18H,5-7,15-16H2,1-2H3/t17-,18-/m1/s1. The van der Waals surface area contributed by atoms with E-state index >= 15 is 0 Å². The molecule has 1 fully saturated rings. The summed E-state index contributed by atoms with van der Waals surface area (Å²) in [7, 11) is 0. The van der Waals surface area contributed by atoms with Crippen LogP contribution in [0.4, 0.5) is 0 Å². The molecule has 6 heteroatoms. The Hall–Kier alpha value is -2.78. The van der Waals surface area contributed by atoms with Gasteiger partial charge in [-0.2, -0.15) is 5.26 Å². The van der Waals surface area contributed by atoms with E-state index in [1.165, 1.54) is 11.8 Å². The number of nitrogens with zero attached hydrogens (tertiary/aromatic N) is 2. The van der Waals surface area contributed by atoms with Crippen molar-refractivity contribution in [3.63, 3.8) is 0 Å². The molecule has 0 saturated carbocycles. The van der Waals surface area contributed by atoms with Crippen LogP contribution in [-0.2, 0) is 15.3 Å². The first-order valence-electron chi connectivity index (χ1n) is 10.2. The van der Waals surface area contributed by atoms with E-state index in [1.807, 2.05) is 43.0 Å². The molecule has 2 aromatic carbocycles. The maximum Gasteiger partial charge on any atom is 0.339 e. The predicted octanol–water partition coefficient (Wildman–Crippen LogP) is 4.80. The van der Waals surface area contributed by atoms with Crippen molar-refractivity contribution in [3.05, 3.63) is 65.2 Å². The fourth-order valence-corrected chi connectivity index (χ4v) is 4.79. The maximum atomic E-state index is 12.7. The number of hydrogen-bond acceptors (Lipinski definition) is 5. The van der Waals surface area contributed by atoms with Gasteiger partial charge in [0, 0.05) is 22.7 Å². The third kappa shape index (κ3) is 5.43. The van der Waals surface area contributed by atoms with Crippen LogP contribution in [-0.4, -0.2) is 35.5 Å². The van der Waals surface area contributed by atoms with E-state index in [2.05, 4.69) is 6.07 Å². The Morgan fingerprint density at radius 1 is 1.10 bits per heavy atom. The average Bonchev–Trinajstić information content (AvgIpc) is 2.76. The zero-order valence-electron chi connectivity index (χ0n) is 17.3. The van der Waals surface area contributed by atoms with Gasteiger partial charge in [0.15, 0.2) is 6.61 Å². The lowest BCUT2D eigenvalue weighted by molar-refractivity contribution is -0.140. The SMILES string of the molecule is C[C@@H]1CCC[C@@H](C)N1C(=O)COC(=O)c1ccccc1SCc1ccc(C#N)cc1. The summed E-state index contributed by atoms with van der Waals surface area (Å²) in [6, 6.07) is 17.1. The van der Waals surface area contributed by atoms with Gasteiger partial charge >= 0.3 is 5.97 Å². The first-order chi connectivity index (χ1) is 14.5. The minimum absolute atomic E-state index is 0.134. The smallest absolute Gasteiger partial charge is 0.339 e. The maximum absolute atomic E-state index is 12.7. The van der Waals surface area contributed by atoms with E-state index < -0.39 is 5.97 Å². The molecule has 0 unspecified atom stereocenters. The van der Waals surface area contributed by atoms with Crippen molar-refractivity contribution in [2.45, 2.75) is 55.8 Å². The number of carbonyl (C=O) groups excluding carboxylic acids is 2. The minimum atomic E-state index is -0.483. The highest BCUT2D eigenvalue weighted by molar-refractivity contribution is 7.98. The molecule has 1 amide bonds. The summed E-state index contributed by atoms with van der Waals surface area (Å²) in [4.78, 5) is 27.9. The highest BCUT2D eigenvalue weighted by Gasteiger charge is 2.29. The molecule has 3 rings (SSSR count). The van der Waals surface area contributed by atoms with Gasteiger partial charge in [-0.1, -0.05) is 24.3 Å². The average molecular weight is 423 g/mol. The first-order valence-corrected chi connectivity index (χ1v) is 11.2. The van der Waals surface area contributed by atoms with Crippen LogP contribution in [0.3, 0.4) is 0 Å². The monoisotopic (exact) mass is 422 g/mol. The van der Waals surface area contributed by atoms with E-state index in [-0.39, 0.29) is 24.6 Å². The number of carbonyl (C=O) groups is 2. The number of ether oxygens (including phenoxy) is 1. The number of thioether (sulfide) groups is 1. The molecular formula is C24H26N2O3S. The van der Waals surface area contributed by atoms with Crippen LogP contribution in [0.5, 0.6) is 0 Å². The summed E-state index contributed by atoms with van der Waals surface area (Å²) in [5.74, 6) is 0.0481. The van der Waals surface area contributed by atoms with Crippen LogP contribution in [0, 0.1) is 11.3 Å². The molecule has 0 bridgehead atoms. The van der Waals surface area contributed by atoms with Crippen LogP contribution in [0.25, 0.3) is 0 Å². The van der Waals surface area contributed by atoms with Gasteiger partial charge in [-0.25, -0.2) is 4.79 Å². The number of hydrogen-bond donors (Lipinski definition) is 0. The molecule has 156 valence electrons. The zero-order valence-corrected chi connectivity index (χ0v) is 18.2. The summed E-state index contributed by atoms with van der Waals surface area (Å²) >= 11 is 1.53. The van der Waals surface area contributed by atoms with Crippen molar-refractivity contribution in [2.24, 2.45) is 0 Å². The highest BCUT2D eigenvalue weighted by atomic mass is 32.2. The fourth-order valence-electron chi connectivity index (χ4n) is 3.79. The first kappa shape index (κ1) is 21.9. The summed E-state index contributed by atoms with van der Waals surface area (Å²) in [5, 5.41) is 8.90. The molecule has 2 atom stereocenters. The van der Waals surface area contributed by atoms with Crippen molar-refractivity contribution in [3.8, 4) is 6.07 Å². The van der Waals surface area contributed by atoms with E-state index in [0.717, 1.165) is 29.7 Å². The van der Waals surface area contributed by atoms with Crippen LogP contribution in [0.2, 0.25) is 0 Å². The molecular weight excluding hydrogens is 396 g/mol. The minimum Gasteiger partial charge on any atom is -0.452 e. The van der Waals surface area contributed by atoms with Gasteiger partial charge in [0.2, 0.25) is 0 Å². The second kappa shape index (κ2) is 10.3. The lowest BCUT2D eigenvalue weighted by atomic mass is 9.97. The van der Waals surface area contributed by atoms with E-state index in [9.17, 15) is 9.59 Å². The van der Waals surface area contributed by atoms with Gasteiger partial charge in [-0.15, -0.1) is 11.8 Å². The lowest BCUT2D eigenvalue weighted by Gasteiger charge is -2.38. The Morgan fingerprint density at radius 2 is 1.77 bits per heavy atom. The second-order valence-corrected chi connectivity index (χ2v) is 8.62. The molecule has 1 aliphatic rings. The van der Waals surface area contributed by atoms with Crippen molar-refractivity contribution < 1.29 is 14.3 Å². The van der Waals surface area contributed by atoms with Gasteiger partial charge in [0.05, 0.1) is 17.2 Å². The number of nitriles is 1. The van der Waals surface area contributed by atoms with Crippen molar-refractivity contribution in [2.75, 3.05) is 6.61 Å². The normalized spacial score (nSPS) is 18.5.